The second kappa shape index (κ2) is 5.17. The fraction of sp³-hybridized carbons (Fsp3) is 0.273. The lowest BCUT2D eigenvalue weighted by atomic mass is 10.2. The lowest BCUT2D eigenvalue weighted by Crippen LogP contribution is -2.13. The predicted molar refractivity (Wildman–Crippen MR) is 55.7 cm³/mol. The van der Waals surface area contributed by atoms with Crippen molar-refractivity contribution in [2.45, 2.75) is 19.4 Å². The van der Waals surface area contributed by atoms with Crippen molar-refractivity contribution in [3.63, 3.8) is 0 Å². The monoisotopic (exact) mass is 191 g/mol. The summed E-state index contributed by atoms with van der Waals surface area (Å²) < 4.78 is 0. The van der Waals surface area contributed by atoms with Crippen LogP contribution in [0.3, 0.4) is 0 Å². The van der Waals surface area contributed by atoms with Gasteiger partial charge in [-0.15, -0.1) is 0 Å². The van der Waals surface area contributed by atoms with Crippen molar-refractivity contribution in [1.29, 1.82) is 0 Å². The molecular formula is C11H13NO2. The highest BCUT2D eigenvalue weighted by molar-refractivity contribution is 5.75. The van der Waals surface area contributed by atoms with E-state index in [2.05, 4.69) is 4.99 Å². The van der Waals surface area contributed by atoms with Crippen LogP contribution in [0, 0.1) is 0 Å². The zero-order valence-electron chi connectivity index (χ0n) is 8.05. The van der Waals surface area contributed by atoms with Crippen LogP contribution in [0.25, 0.3) is 0 Å². The quantitative estimate of drug-likeness (QED) is 0.737. The minimum Gasteiger partial charge on any atom is -0.480 e. The minimum absolute atomic E-state index is 0.654. The van der Waals surface area contributed by atoms with Crippen molar-refractivity contribution in [3.05, 3.63) is 35.9 Å². The van der Waals surface area contributed by atoms with E-state index in [4.69, 9.17) is 5.11 Å². The van der Waals surface area contributed by atoms with Gasteiger partial charge in [0.15, 0.2) is 0 Å². The second-order valence-electron chi connectivity index (χ2n) is 3.04. The predicted octanol–water partition coefficient (Wildman–Crippen LogP) is 1.77. The van der Waals surface area contributed by atoms with Gasteiger partial charge >= 0.3 is 5.97 Å². The zero-order chi connectivity index (χ0) is 10.4. The Bertz CT molecular complexity index is 319. The van der Waals surface area contributed by atoms with E-state index in [9.17, 15) is 4.79 Å². The summed E-state index contributed by atoms with van der Waals surface area (Å²) in [6.45, 7) is 1.56. The number of hydrogen-bond donors (Lipinski definition) is 1. The van der Waals surface area contributed by atoms with Crippen LogP contribution >= 0.6 is 0 Å². The molecule has 14 heavy (non-hydrogen) atoms. The first-order valence-electron chi connectivity index (χ1n) is 4.48. The van der Waals surface area contributed by atoms with Gasteiger partial charge in [-0.1, -0.05) is 30.3 Å². The number of carboxylic acids is 1. The van der Waals surface area contributed by atoms with Gasteiger partial charge in [0, 0.05) is 12.6 Å². The van der Waals surface area contributed by atoms with Crippen molar-refractivity contribution < 1.29 is 9.90 Å². The molecule has 0 radical (unpaired) electrons. The molecule has 0 saturated heterocycles. The number of carbonyl (C=O) groups is 1. The lowest BCUT2D eigenvalue weighted by molar-refractivity contribution is -0.137. The van der Waals surface area contributed by atoms with E-state index in [0.29, 0.717) is 6.42 Å². The molecule has 0 bridgehead atoms. The molecule has 1 atom stereocenters. The first-order valence-corrected chi connectivity index (χ1v) is 4.48. The fourth-order valence-electron chi connectivity index (χ4n) is 0.994. The molecule has 1 N–H and O–H groups in total. The van der Waals surface area contributed by atoms with Gasteiger partial charge < -0.3 is 5.11 Å². The normalized spacial score (nSPS) is 12.9. The van der Waals surface area contributed by atoms with Gasteiger partial charge in [0.05, 0.1) is 0 Å². The van der Waals surface area contributed by atoms with Gasteiger partial charge in [-0.05, 0) is 12.5 Å². The molecule has 3 nitrogen and oxygen atoms in total. The third kappa shape index (κ3) is 3.39. The molecule has 0 amide bonds. The van der Waals surface area contributed by atoms with Crippen molar-refractivity contribution in [1.82, 2.24) is 0 Å². The molecule has 0 saturated carbocycles. The van der Waals surface area contributed by atoms with Crippen molar-refractivity contribution >= 4 is 12.2 Å². The smallest absolute Gasteiger partial charge is 0.328 e. The molecule has 0 aliphatic carbocycles. The molecule has 1 rings (SSSR count). The van der Waals surface area contributed by atoms with E-state index >= 15 is 0 Å². The Morgan fingerprint density at radius 3 is 2.71 bits per heavy atom. The van der Waals surface area contributed by atoms with Crippen LogP contribution < -0.4 is 0 Å². The van der Waals surface area contributed by atoms with E-state index in [1.807, 2.05) is 30.3 Å². The van der Waals surface area contributed by atoms with Crippen LogP contribution in [0.4, 0.5) is 0 Å². The maximum atomic E-state index is 10.4. The molecule has 74 valence electrons. The number of hydrogen-bond acceptors (Lipinski definition) is 2. The highest BCUT2D eigenvalue weighted by Crippen LogP contribution is 1.98. The molecule has 0 fully saturated rings. The largest absolute Gasteiger partial charge is 0.480 e. The Hall–Kier alpha value is -1.64. The van der Waals surface area contributed by atoms with Gasteiger partial charge in [0.1, 0.15) is 6.04 Å². The molecule has 0 heterocycles. The molecule has 1 aromatic carbocycles. The standard InChI is InChI=1S/C11H13NO2/c1-9(11(13)14)12-8-7-10-5-3-2-4-6-10/h2-6,8-9H,7H2,1H3,(H,13,14)/t9-/m0/s1. The Morgan fingerprint density at radius 1 is 1.50 bits per heavy atom. The molecule has 3 heteroatoms. The van der Waals surface area contributed by atoms with Crippen LogP contribution in [-0.4, -0.2) is 23.3 Å². The number of benzene rings is 1. The topological polar surface area (TPSA) is 49.7 Å². The van der Waals surface area contributed by atoms with Gasteiger partial charge in [-0.25, -0.2) is 4.79 Å². The van der Waals surface area contributed by atoms with Gasteiger partial charge in [0.25, 0.3) is 0 Å². The first-order chi connectivity index (χ1) is 6.70. The van der Waals surface area contributed by atoms with Crippen molar-refractivity contribution in [2.75, 3.05) is 0 Å². The molecule has 0 spiro atoms. The van der Waals surface area contributed by atoms with E-state index in [1.165, 1.54) is 0 Å². The summed E-state index contributed by atoms with van der Waals surface area (Å²) in [5, 5.41) is 8.57. The van der Waals surface area contributed by atoms with Crippen molar-refractivity contribution in [3.8, 4) is 0 Å². The first kappa shape index (κ1) is 10.4. The summed E-state index contributed by atoms with van der Waals surface area (Å²) in [6, 6.07) is 9.15. The molecule has 0 aromatic heterocycles. The minimum atomic E-state index is -0.894. The van der Waals surface area contributed by atoms with Crippen LogP contribution in [0.5, 0.6) is 0 Å². The zero-order valence-corrected chi connectivity index (χ0v) is 8.05. The third-order valence-corrected chi connectivity index (χ3v) is 1.86. The summed E-state index contributed by atoms with van der Waals surface area (Å²) in [4.78, 5) is 14.3. The average Bonchev–Trinajstić information content (AvgIpc) is 2.19. The molecule has 0 aliphatic rings. The number of carboxylic acid groups (broad SMARTS) is 1. The summed E-state index contributed by atoms with van der Waals surface area (Å²) in [5.41, 5.74) is 1.13. The van der Waals surface area contributed by atoms with Gasteiger partial charge in [-0.3, -0.25) is 4.99 Å². The maximum Gasteiger partial charge on any atom is 0.328 e. The highest BCUT2D eigenvalue weighted by atomic mass is 16.4. The van der Waals surface area contributed by atoms with E-state index < -0.39 is 12.0 Å². The van der Waals surface area contributed by atoms with Crippen molar-refractivity contribution in [2.24, 2.45) is 4.99 Å². The van der Waals surface area contributed by atoms with Crippen LogP contribution in [0.2, 0.25) is 0 Å². The van der Waals surface area contributed by atoms with Gasteiger partial charge in [0.2, 0.25) is 0 Å². The van der Waals surface area contributed by atoms with E-state index in [1.54, 1.807) is 13.1 Å². The van der Waals surface area contributed by atoms with E-state index in [-0.39, 0.29) is 0 Å². The Morgan fingerprint density at radius 2 is 2.14 bits per heavy atom. The Labute approximate surface area is 83.1 Å². The number of aliphatic imine (C=N–C) groups is 1. The summed E-state index contributed by atoms with van der Waals surface area (Å²) in [5.74, 6) is -0.894. The van der Waals surface area contributed by atoms with Gasteiger partial charge in [-0.2, -0.15) is 0 Å². The molecule has 0 aliphatic heterocycles. The van der Waals surface area contributed by atoms with Crippen LogP contribution in [0.15, 0.2) is 35.3 Å². The van der Waals surface area contributed by atoms with Crippen LogP contribution in [0.1, 0.15) is 12.5 Å². The highest BCUT2D eigenvalue weighted by Gasteiger charge is 2.05. The maximum absolute atomic E-state index is 10.4. The number of aliphatic carboxylic acids is 1. The Kier molecular flexibility index (Phi) is 3.85. The summed E-state index contributed by atoms with van der Waals surface area (Å²) in [6.07, 6.45) is 2.33. The molecule has 1 aromatic rings. The molecule has 0 unspecified atom stereocenters. The Balaban J connectivity index is 2.45. The summed E-state index contributed by atoms with van der Waals surface area (Å²) in [7, 11) is 0. The van der Waals surface area contributed by atoms with E-state index in [0.717, 1.165) is 5.56 Å². The molecular weight excluding hydrogens is 178 g/mol. The number of rotatable bonds is 4. The number of nitrogens with zero attached hydrogens (tertiary/aromatic N) is 1. The fourth-order valence-corrected chi connectivity index (χ4v) is 0.994. The lowest BCUT2D eigenvalue weighted by Gasteiger charge is -1.98. The second-order valence-corrected chi connectivity index (χ2v) is 3.04. The third-order valence-electron chi connectivity index (χ3n) is 1.86. The van der Waals surface area contributed by atoms with Crippen LogP contribution in [-0.2, 0) is 11.2 Å². The average molecular weight is 191 g/mol. The SMILES string of the molecule is C[C@H](N=CCc1ccccc1)C(=O)O. The summed E-state index contributed by atoms with van der Waals surface area (Å²) >= 11 is 0.